The van der Waals surface area contributed by atoms with Gasteiger partial charge in [-0.05, 0) is 30.7 Å². The van der Waals surface area contributed by atoms with Gasteiger partial charge in [0.1, 0.15) is 6.07 Å². The zero-order valence-corrected chi connectivity index (χ0v) is 15.0. The van der Waals surface area contributed by atoms with Crippen LogP contribution in [0.2, 0.25) is 5.02 Å². The second-order valence-electron chi connectivity index (χ2n) is 6.31. The third-order valence-electron chi connectivity index (χ3n) is 4.55. The van der Waals surface area contributed by atoms with Crippen molar-refractivity contribution in [1.82, 2.24) is 4.90 Å². The summed E-state index contributed by atoms with van der Waals surface area (Å²) in [4.78, 5) is 16.6. The van der Waals surface area contributed by atoms with Gasteiger partial charge in [-0.1, -0.05) is 41.4 Å². The zero-order valence-electron chi connectivity index (χ0n) is 14.2. The van der Waals surface area contributed by atoms with Gasteiger partial charge >= 0.3 is 0 Å². The molecule has 1 saturated heterocycles. The van der Waals surface area contributed by atoms with Crippen molar-refractivity contribution < 1.29 is 4.79 Å². The summed E-state index contributed by atoms with van der Waals surface area (Å²) in [6.45, 7) is 4.97. The summed E-state index contributed by atoms with van der Waals surface area (Å²) in [7, 11) is 0. The molecule has 0 atom stereocenters. The number of anilines is 1. The number of piperazine rings is 1. The average Bonchev–Trinajstić information content (AvgIpc) is 2.63. The molecule has 4 nitrogen and oxygen atoms in total. The smallest absolute Gasteiger partial charge is 0.227 e. The highest BCUT2D eigenvalue weighted by Crippen LogP contribution is 2.24. The lowest BCUT2D eigenvalue weighted by Crippen LogP contribution is -2.49. The molecule has 1 amide bonds. The summed E-state index contributed by atoms with van der Waals surface area (Å²) in [6, 6.07) is 15.7. The first kappa shape index (κ1) is 17.3. The summed E-state index contributed by atoms with van der Waals surface area (Å²) in [6.07, 6.45) is 0.447. The second kappa shape index (κ2) is 7.58. The number of carbonyl (C=O) groups is 1. The highest BCUT2D eigenvalue weighted by atomic mass is 35.5. The molecule has 0 aliphatic carbocycles. The molecular weight excluding hydrogens is 334 g/mol. The molecule has 0 aromatic heterocycles. The van der Waals surface area contributed by atoms with Crippen LogP contribution < -0.4 is 4.90 Å². The summed E-state index contributed by atoms with van der Waals surface area (Å²) in [5.74, 6) is 0.168. The van der Waals surface area contributed by atoms with E-state index in [0.29, 0.717) is 30.1 Å². The molecule has 1 fully saturated rings. The van der Waals surface area contributed by atoms with E-state index in [4.69, 9.17) is 16.9 Å². The quantitative estimate of drug-likeness (QED) is 0.849. The number of nitrogens with zero attached hydrogens (tertiary/aromatic N) is 3. The molecule has 128 valence electrons. The monoisotopic (exact) mass is 353 g/mol. The Bertz CT molecular complexity index is 803. The molecule has 0 saturated carbocycles. The number of amides is 1. The summed E-state index contributed by atoms with van der Waals surface area (Å²) >= 11 is 6.12. The SMILES string of the molecule is Cc1ccc(CC(=O)N2CCN(c3ccc(C#N)c(Cl)c3)CC2)cc1. The van der Waals surface area contributed by atoms with E-state index in [1.54, 1.807) is 6.07 Å². The van der Waals surface area contributed by atoms with Crippen LogP contribution in [0, 0.1) is 18.3 Å². The van der Waals surface area contributed by atoms with E-state index in [-0.39, 0.29) is 5.91 Å². The average molecular weight is 354 g/mol. The standard InChI is InChI=1S/C20H20ClN3O/c1-15-2-4-16(5-3-15)12-20(25)24-10-8-23(9-11-24)18-7-6-17(14-22)19(21)13-18/h2-7,13H,8-12H2,1H3. The van der Waals surface area contributed by atoms with Crippen molar-refractivity contribution in [3.8, 4) is 6.07 Å². The highest BCUT2D eigenvalue weighted by molar-refractivity contribution is 6.32. The van der Waals surface area contributed by atoms with Gasteiger partial charge in [-0.15, -0.1) is 0 Å². The maximum atomic E-state index is 12.5. The topological polar surface area (TPSA) is 47.3 Å². The Balaban J connectivity index is 1.58. The van der Waals surface area contributed by atoms with E-state index in [1.807, 2.05) is 48.2 Å². The number of carbonyl (C=O) groups excluding carboxylic acids is 1. The van der Waals surface area contributed by atoms with Crippen LogP contribution >= 0.6 is 11.6 Å². The number of rotatable bonds is 3. The zero-order chi connectivity index (χ0) is 17.8. The maximum absolute atomic E-state index is 12.5. The third-order valence-corrected chi connectivity index (χ3v) is 4.86. The van der Waals surface area contributed by atoms with Gasteiger partial charge in [0.05, 0.1) is 17.0 Å². The Hall–Kier alpha value is -2.51. The van der Waals surface area contributed by atoms with E-state index in [2.05, 4.69) is 11.0 Å². The van der Waals surface area contributed by atoms with Crippen LogP contribution in [0.4, 0.5) is 5.69 Å². The van der Waals surface area contributed by atoms with Crippen LogP contribution in [0.25, 0.3) is 0 Å². The lowest BCUT2D eigenvalue weighted by molar-refractivity contribution is -0.130. The molecule has 2 aromatic carbocycles. The first-order valence-electron chi connectivity index (χ1n) is 8.35. The molecule has 5 heteroatoms. The van der Waals surface area contributed by atoms with E-state index in [0.717, 1.165) is 24.3 Å². The fourth-order valence-electron chi connectivity index (χ4n) is 3.00. The third kappa shape index (κ3) is 4.12. The molecule has 1 aliphatic rings. The Morgan fingerprint density at radius 1 is 1.12 bits per heavy atom. The first-order valence-corrected chi connectivity index (χ1v) is 8.72. The van der Waals surface area contributed by atoms with Crippen molar-refractivity contribution in [2.45, 2.75) is 13.3 Å². The first-order chi connectivity index (χ1) is 12.1. The Kier molecular flexibility index (Phi) is 5.25. The van der Waals surface area contributed by atoms with Gasteiger partial charge < -0.3 is 9.80 Å². The molecule has 0 bridgehead atoms. The second-order valence-corrected chi connectivity index (χ2v) is 6.71. The molecule has 0 unspecified atom stereocenters. The number of benzene rings is 2. The van der Waals surface area contributed by atoms with Gasteiger partial charge in [0, 0.05) is 31.9 Å². The predicted molar refractivity (Wildman–Crippen MR) is 99.8 cm³/mol. The lowest BCUT2D eigenvalue weighted by Gasteiger charge is -2.36. The van der Waals surface area contributed by atoms with Crippen LogP contribution in [-0.4, -0.2) is 37.0 Å². The lowest BCUT2D eigenvalue weighted by atomic mass is 10.1. The van der Waals surface area contributed by atoms with Crippen molar-refractivity contribution in [3.63, 3.8) is 0 Å². The Morgan fingerprint density at radius 3 is 2.40 bits per heavy atom. The van der Waals surface area contributed by atoms with Gasteiger partial charge in [0.2, 0.25) is 5.91 Å². The Morgan fingerprint density at radius 2 is 1.80 bits per heavy atom. The minimum absolute atomic E-state index is 0.168. The number of halogens is 1. The summed E-state index contributed by atoms with van der Waals surface area (Å²) < 4.78 is 0. The van der Waals surface area contributed by atoms with Gasteiger partial charge in [-0.25, -0.2) is 0 Å². The van der Waals surface area contributed by atoms with Crippen LogP contribution in [-0.2, 0) is 11.2 Å². The molecule has 0 N–H and O–H groups in total. The van der Waals surface area contributed by atoms with E-state index in [1.165, 1.54) is 5.56 Å². The van der Waals surface area contributed by atoms with Gasteiger partial charge in [0.25, 0.3) is 0 Å². The van der Waals surface area contributed by atoms with E-state index in [9.17, 15) is 4.79 Å². The normalized spacial score (nSPS) is 14.3. The van der Waals surface area contributed by atoms with E-state index < -0.39 is 0 Å². The highest BCUT2D eigenvalue weighted by Gasteiger charge is 2.21. The van der Waals surface area contributed by atoms with Crippen molar-refractivity contribution in [2.75, 3.05) is 31.1 Å². The number of nitriles is 1. The summed E-state index contributed by atoms with van der Waals surface area (Å²) in [5, 5.41) is 9.43. The minimum Gasteiger partial charge on any atom is -0.368 e. The van der Waals surface area contributed by atoms with E-state index >= 15 is 0 Å². The van der Waals surface area contributed by atoms with Gasteiger partial charge in [-0.2, -0.15) is 5.26 Å². The van der Waals surface area contributed by atoms with Gasteiger partial charge in [0.15, 0.2) is 0 Å². The number of aryl methyl sites for hydroxylation is 1. The molecule has 2 aromatic rings. The largest absolute Gasteiger partial charge is 0.368 e. The maximum Gasteiger partial charge on any atom is 0.227 e. The van der Waals surface area contributed by atoms with Crippen LogP contribution in [0.3, 0.4) is 0 Å². The predicted octanol–water partition coefficient (Wildman–Crippen LogP) is 3.41. The van der Waals surface area contributed by atoms with Crippen molar-refractivity contribution in [1.29, 1.82) is 5.26 Å². The molecule has 1 heterocycles. The van der Waals surface area contributed by atoms with Crippen LogP contribution in [0.5, 0.6) is 0 Å². The fourth-order valence-corrected chi connectivity index (χ4v) is 3.21. The number of hydrogen-bond donors (Lipinski definition) is 0. The number of hydrogen-bond acceptors (Lipinski definition) is 3. The molecular formula is C20H20ClN3O. The van der Waals surface area contributed by atoms with Crippen LogP contribution in [0.15, 0.2) is 42.5 Å². The molecule has 3 rings (SSSR count). The summed E-state index contributed by atoms with van der Waals surface area (Å²) in [5.41, 5.74) is 3.73. The molecule has 1 aliphatic heterocycles. The van der Waals surface area contributed by atoms with Crippen molar-refractivity contribution in [3.05, 3.63) is 64.2 Å². The van der Waals surface area contributed by atoms with Crippen LogP contribution in [0.1, 0.15) is 16.7 Å². The molecule has 0 spiro atoms. The van der Waals surface area contributed by atoms with Crippen molar-refractivity contribution >= 4 is 23.2 Å². The van der Waals surface area contributed by atoms with Gasteiger partial charge in [-0.3, -0.25) is 4.79 Å². The Labute approximate surface area is 153 Å². The molecule has 25 heavy (non-hydrogen) atoms. The van der Waals surface area contributed by atoms with Crippen molar-refractivity contribution in [2.24, 2.45) is 0 Å². The fraction of sp³-hybridized carbons (Fsp3) is 0.300. The minimum atomic E-state index is 0.168. The molecule has 0 radical (unpaired) electrons.